The average molecular weight is 324 g/mol. The first-order valence-electron chi connectivity index (χ1n) is 6.71. The van der Waals surface area contributed by atoms with Crippen LogP contribution in [-0.4, -0.2) is 6.79 Å². The summed E-state index contributed by atoms with van der Waals surface area (Å²) in [7, 11) is 0. The highest BCUT2D eigenvalue weighted by molar-refractivity contribution is 6.42. The lowest BCUT2D eigenvalue weighted by atomic mass is 10.1. The van der Waals surface area contributed by atoms with Gasteiger partial charge in [0.05, 0.1) is 10.0 Å². The Bertz CT molecular complexity index is 661. The van der Waals surface area contributed by atoms with Gasteiger partial charge < -0.3 is 14.8 Å². The van der Waals surface area contributed by atoms with Crippen LogP contribution in [0.2, 0.25) is 10.0 Å². The molecule has 1 unspecified atom stereocenters. The van der Waals surface area contributed by atoms with Crippen molar-refractivity contribution in [1.82, 2.24) is 5.32 Å². The van der Waals surface area contributed by atoms with Crippen molar-refractivity contribution in [2.75, 3.05) is 6.79 Å². The first-order valence-corrected chi connectivity index (χ1v) is 7.46. The van der Waals surface area contributed by atoms with Crippen LogP contribution in [-0.2, 0) is 6.54 Å². The number of fused-ring (bicyclic) bond motifs is 1. The minimum Gasteiger partial charge on any atom is -0.454 e. The van der Waals surface area contributed by atoms with Crippen LogP contribution in [0.1, 0.15) is 24.1 Å². The first-order chi connectivity index (χ1) is 10.1. The van der Waals surface area contributed by atoms with Crippen LogP contribution in [0.4, 0.5) is 0 Å². The summed E-state index contributed by atoms with van der Waals surface area (Å²) in [5.74, 6) is 1.63. The minimum absolute atomic E-state index is 0.151. The van der Waals surface area contributed by atoms with Gasteiger partial charge in [-0.05, 0) is 30.7 Å². The molecule has 0 fully saturated rings. The number of hydrogen-bond donors (Lipinski definition) is 1. The van der Waals surface area contributed by atoms with Gasteiger partial charge in [-0.15, -0.1) is 0 Å². The quantitative estimate of drug-likeness (QED) is 0.893. The maximum atomic E-state index is 6.06. The van der Waals surface area contributed by atoms with Crippen molar-refractivity contribution in [3.05, 3.63) is 57.6 Å². The number of ether oxygens (including phenoxy) is 2. The molecule has 110 valence electrons. The topological polar surface area (TPSA) is 30.5 Å². The van der Waals surface area contributed by atoms with Gasteiger partial charge in [-0.3, -0.25) is 0 Å². The lowest BCUT2D eigenvalue weighted by Gasteiger charge is -2.15. The molecule has 0 radical (unpaired) electrons. The van der Waals surface area contributed by atoms with Crippen molar-refractivity contribution in [2.24, 2.45) is 0 Å². The van der Waals surface area contributed by atoms with E-state index in [4.69, 9.17) is 32.7 Å². The van der Waals surface area contributed by atoms with Crippen molar-refractivity contribution >= 4 is 23.2 Å². The van der Waals surface area contributed by atoms with Gasteiger partial charge in [0.1, 0.15) is 0 Å². The third-order valence-electron chi connectivity index (χ3n) is 3.52. The molecule has 2 aromatic rings. The smallest absolute Gasteiger partial charge is 0.231 e. The van der Waals surface area contributed by atoms with Crippen LogP contribution in [0.25, 0.3) is 0 Å². The molecule has 1 aliphatic rings. The maximum Gasteiger partial charge on any atom is 0.231 e. The minimum atomic E-state index is 0.151. The highest BCUT2D eigenvalue weighted by Crippen LogP contribution is 2.35. The van der Waals surface area contributed by atoms with Gasteiger partial charge in [0.2, 0.25) is 6.79 Å². The zero-order valence-electron chi connectivity index (χ0n) is 11.5. The van der Waals surface area contributed by atoms with E-state index in [1.54, 1.807) is 0 Å². The summed E-state index contributed by atoms with van der Waals surface area (Å²) in [4.78, 5) is 0. The molecule has 1 heterocycles. The Morgan fingerprint density at radius 3 is 2.81 bits per heavy atom. The molecular formula is C16H15Cl2NO2. The Balaban J connectivity index is 1.70. The van der Waals surface area contributed by atoms with Crippen LogP contribution < -0.4 is 14.8 Å². The molecule has 0 bridgehead atoms. The van der Waals surface area contributed by atoms with E-state index in [0.29, 0.717) is 16.6 Å². The molecule has 1 atom stereocenters. The molecule has 5 heteroatoms. The van der Waals surface area contributed by atoms with Crippen molar-refractivity contribution < 1.29 is 9.47 Å². The summed E-state index contributed by atoms with van der Waals surface area (Å²) >= 11 is 12.0. The molecule has 1 N–H and O–H groups in total. The number of benzene rings is 2. The van der Waals surface area contributed by atoms with Gasteiger partial charge in [-0.2, -0.15) is 0 Å². The first kappa shape index (κ1) is 14.5. The highest BCUT2D eigenvalue weighted by atomic mass is 35.5. The van der Waals surface area contributed by atoms with Gasteiger partial charge in [0.25, 0.3) is 0 Å². The Morgan fingerprint density at radius 2 is 2.00 bits per heavy atom. The summed E-state index contributed by atoms with van der Waals surface area (Å²) in [6.45, 7) is 3.06. The summed E-state index contributed by atoms with van der Waals surface area (Å²) in [6, 6.07) is 11.7. The maximum absolute atomic E-state index is 6.06. The predicted octanol–water partition coefficient (Wildman–Crippen LogP) is 4.57. The molecule has 0 spiro atoms. The Kier molecular flexibility index (Phi) is 4.24. The molecule has 2 aromatic carbocycles. The molecule has 21 heavy (non-hydrogen) atoms. The summed E-state index contributed by atoms with van der Waals surface area (Å²) in [6.07, 6.45) is 0. The molecule has 0 aliphatic carbocycles. The van der Waals surface area contributed by atoms with Gasteiger partial charge in [-0.25, -0.2) is 0 Å². The Labute approximate surface area is 133 Å². The number of halogens is 2. The zero-order valence-corrected chi connectivity index (χ0v) is 13.0. The van der Waals surface area contributed by atoms with E-state index in [1.807, 2.05) is 36.4 Å². The van der Waals surface area contributed by atoms with E-state index in [9.17, 15) is 0 Å². The second kappa shape index (κ2) is 6.14. The van der Waals surface area contributed by atoms with Crippen LogP contribution in [0, 0.1) is 0 Å². The average Bonchev–Trinajstić information content (AvgIpc) is 2.96. The molecule has 3 rings (SSSR count). The second-order valence-electron chi connectivity index (χ2n) is 4.93. The zero-order chi connectivity index (χ0) is 14.8. The fourth-order valence-electron chi connectivity index (χ4n) is 2.29. The SMILES string of the molecule is CC(NCc1cccc2c1OCO2)c1ccc(Cl)c(Cl)c1. The Hall–Kier alpha value is -1.42. The monoisotopic (exact) mass is 323 g/mol. The van der Waals surface area contributed by atoms with E-state index in [0.717, 1.165) is 22.6 Å². The molecule has 0 saturated carbocycles. The van der Waals surface area contributed by atoms with Crippen molar-refractivity contribution in [3.8, 4) is 11.5 Å². The van der Waals surface area contributed by atoms with Crippen LogP contribution in [0.15, 0.2) is 36.4 Å². The third kappa shape index (κ3) is 3.10. The number of rotatable bonds is 4. The van der Waals surface area contributed by atoms with Gasteiger partial charge in [0, 0.05) is 18.2 Å². The van der Waals surface area contributed by atoms with Crippen molar-refractivity contribution in [1.29, 1.82) is 0 Å². The normalized spacial score (nSPS) is 14.2. The highest BCUT2D eigenvalue weighted by Gasteiger charge is 2.17. The Morgan fingerprint density at radius 1 is 1.14 bits per heavy atom. The van der Waals surface area contributed by atoms with Crippen molar-refractivity contribution in [3.63, 3.8) is 0 Å². The second-order valence-corrected chi connectivity index (χ2v) is 5.74. The largest absolute Gasteiger partial charge is 0.454 e. The fourth-order valence-corrected chi connectivity index (χ4v) is 2.60. The van der Waals surface area contributed by atoms with Crippen molar-refractivity contribution in [2.45, 2.75) is 19.5 Å². The summed E-state index contributed by atoms with van der Waals surface area (Å²) in [5.41, 5.74) is 2.17. The van der Waals surface area contributed by atoms with Gasteiger partial charge in [0.15, 0.2) is 11.5 Å². The predicted molar refractivity (Wildman–Crippen MR) is 84.3 cm³/mol. The number of nitrogens with one attached hydrogen (secondary N) is 1. The molecule has 0 aromatic heterocycles. The molecule has 0 saturated heterocycles. The lowest BCUT2D eigenvalue weighted by molar-refractivity contribution is 0.173. The van der Waals surface area contributed by atoms with Gasteiger partial charge in [-0.1, -0.05) is 41.4 Å². The summed E-state index contributed by atoms with van der Waals surface area (Å²) in [5, 5.41) is 4.59. The van der Waals surface area contributed by atoms with E-state index >= 15 is 0 Å². The van der Waals surface area contributed by atoms with E-state index in [2.05, 4.69) is 12.2 Å². The number of para-hydroxylation sites is 1. The molecule has 1 aliphatic heterocycles. The fraction of sp³-hybridized carbons (Fsp3) is 0.250. The summed E-state index contributed by atoms with van der Waals surface area (Å²) < 4.78 is 10.9. The van der Waals surface area contributed by atoms with Crippen LogP contribution >= 0.6 is 23.2 Å². The van der Waals surface area contributed by atoms with E-state index in [1.165, 1.54) is 0 Å². The van der Waals surface area contributed by atoms with E-state index in [-0.39, 0.29) is 12.8 Å². The molecule has 0 amide bonds. The molecular weight excluding hydrogens is 309 g/mol. The van der Waals surface area contributed by atoms with Gasteiger partial charge >= 0.3 is 0 Å². The standard InChI is InChI=1S/C16H15Cl2NO2/c1-10(11-5-6-13(17)14(18)7-11)19-8-12-3-2-4-15-16(12)21-9-20-15/h2-7,10,19H,8-9H2,1H3. The van der Waals surface area contributed by atoms with E-state index < -0.39 is 0 Å². The molecule has 3 nitrogen and oxygen atoms in total. The lowest BCUT2D eigenvalue weighted by Crippen LogP contribution is -2.18. The van der Waals surface area contributed by atoms with Crippen LogP contribution in [0.5, 0.6) is 11.5 Å². The number of hydrogen-bond acceptors (Lipinski definition) is 3. The third-order valence-corrected chi connectivity index (χ3v) is 4.26. The van der Waals surface area contributed by atoms with Crippen LogP contribution in [0.3, 0.4) is 0 Å².